The van der Waals surface area contributed by atoms with Crippen molar-refractivity contribution in [1.82, 2.24) is 5.32 Å². The number of methoxy groups -OCH3 is 3. The van der Waals surface area contributed by atoms with Crippen molar-refractivity contribution in [2.45, 2.75) is 31.8 Å². The van der Waals surface area contributed by atoms with Gasteiger partial charge >= 0.3 is 5.63 Å². The van der Waals surface area contributed by atoms with Gasteiger partial charge in [0.25, 0.3) is 0 Å². The molecule has 9 heteroatoms. The van der Waals surface area contributed by atoms with Crippen LogP contribution in [-0.4, -0.2) is 45.5 Å². The molecule has 4 rings (SSSR count). The standard InChI is InChI=1S/C28H31NO8/c1-16-13-21(30)25(28(32)37-16)20(19-9-10-22(33-2)27(35-4)26(19)34-3)14-24(31)29-15-23-18-8-6-5-7-17(18)11-12-36-23/h5-10,13,20,23,30H,11-12,14-15H2,1-4H3,(H,29,31). The fourth-order valence-corrected chi connectivity index (χ4v) is 4.80. The number of hydrogen-bond acceptors (Lipinski definition) is 8. The van der Waals surface area contributed by atoms with E-state index in [1.807, 2.05) is 18.2 Å². The summed E-state index contributed by atoms with van der Waals surface area (Å²) in [5, 5.41) is 13.7. The number of fused-ring (bicyclic) bond motifs is 1. The highest BCUT2D eigenvalue weighted by Gasteiger charge is 2.31. The first-order valence-electron chi connectivity index (χ1n) is 12.0. The molecule has 0 fully saturated rings. The Morgan fingerprint density at radius 1 is 1.11 bits per heavy atom. The summed E-state index contributed by atoms with van der Waals surface area (Å²) in [5.74, 6) is -0.256. The van der Waals surface area contributed by atoms with Gasteiger partial charge in [0, 0.05) is 30.5 Å². The van der Waals surface area contributed by atoms with Gasteiger partial charge in [-0.3, -0.25) is 4.79 Å². The van der Waals surface area contributed by atoms with Crippen LogP contribution in [0.2, 0.25) is 0 Å². The van der Waals surface area contributed by atoms with E-state index in [0.29, 0.717) is 23.7 Å². The average molecular weight is 510 g/mol. The Morgan fingerprint density at radius 2 is 1.86 bits per heavy atom. The van der Waals surface area contributed by atoms with Crippen LogP contribution in [0.15, 0.2) is 51.7 Å². The highest BCUT2D eigenvalue weighted by Crippen LogP contribution is 2.46. The van der Waals surface area contributed by atoms with Crippen LogP contribution in [0.1, 0.15) is 46.5 Å². The number of ether oxygens (including phenoxy) is 4. The van der Waals surface area contributed by atoms with Gasteiger partial charge in [-0.05, 0) is 30.5 Å². The molecule has 0 spiro atoms. The zero-order valence-electron chi connectivity index (χ0n) is 21.3. The van der Waals surface area contributed by atoms with Crippen LogP contribution in [0, 0.1) is 6.92 Å². The Bertz CT molecular complexity index is 1330. The summed E-state index contributed by atoms with van der Waals surface area (Å²) >= 11 is 0. The second-order valence-corrected chi connectivity index (χ2v) is 8.74. The van der Waals surface area contributed by atoms with E-state index in [1.165, 1.54) is 33.0 Å². The molecule has 2 N–H and O–H groups in total. The molecule has 9 nitrogen and oxygen atoms in total. The Hall–Kier alpha value is -3.98. The lowest BCUT2D eigenvalue weighted by Gasteiger charge is -2.27. The average Bonchev–Trinajstić information content (AvgIpc) is 2.89. The van der Waals surface area contributed by atoms with Crippen LogP contribution in [-0.2, 0) is 16.0 Å². The van der Waals surface area contributed by atoms with E-state index < -0.39 is 11.5 Å². The molecule has 3 aromatic rings. The molecule has 1 aliphatic rings. The molecule has 1 amide bonds. The zero-order chi connectivity index (χ0) is 26.5. The molecule has 0 aliphatic carbocycles. The van der Waals surface area contributed by atoms with Crippen LogP contribution < -0.4 is 25.2 Å². The number of carbonyl (C=O) groups is 1. The molecular formula is C28H31NO8. The van der Waals surface area contributed by atoms with Crippen LogP contribution in [0.3, 0.4) is 0 Å². The maximum absolute atomic E-state index is 13.2. The van der Waals surface area contributed by atoms with Crippen LogP contribution in [0.5, 0.6) is 23.0 Å². The normalized spacial score (nSPS) is 15.4. The number of aromatic hydroxyl groups is 1. The monoisotopic (exact) mass is 509 g/mol. The summed E-state index contributed by atoms with van der Waals surface area (Å²) in [6, 6.07) is 12.7. The van der Waals surface area contributed by atoms with Crippen LogP contribution in [0.25, 0.3) is 0 Å². The van der Waals surface area contributed by atoms with Gasteiger partial charge in [-0.15, -0.1) is 0 Å². The highest BCUT2D eigenvalue weighted by molar-refractivity contribution is 5.78. The molecule has 196 valence electrons. The van der Waals surface area contributed by atoms with Crippen molar-refractivity contribution in [3.8, 4) is 23.0 Å². The lowest BCUT2D eigenvalue weighted by atomic mass is 9.87. The maximum atomic E-state index is 13.2. The zero-order valence-corrected chi connectivity index (χ0v) is 21.3. The molecule has 2 unspecified atom stereocenters. The molecule has 0 saturated heterocycles. The fourth-order valence-electron chi connectivity index (χ4n) is 4.80. The number of hydrogen-bond donors (Lipinski definition) is 2. The van der Waals surface area contributed by atoms with E-state index in [0.717, 1.165) is 12.0 Å². The van der Waals surface area contributed by atoms with Gasteiger partial charge in [0.2, 0.25) is 11.7 Å². The molecule has 0 bridgehead atoms. The van der Waals surface area contributed by atoms with Crippen molar-refractivity contribution >= 4 is 5.91 Å². The molecule has 1 aliphatic heterocycles. The maximum Gasteiger partial charge on any atom is 0.343 e. The number of nitrogens with one attached hydrogen (secondary N) is 1. The molecule has 1 aromatic heterocycles. The summed E-state index contributed by atoms with van der Waals surface area (Å²) in [7, 11) is 4.41. The number of aryl methyl sites for hydroxylation is 1. The quantitative estimate of drug-likeness (QED) is 0.449. The summed E-state index contributed by atoms with van der Waals surface area (Å²) in [6.07, 6.45) is 0.382. The first kappa shape index (κ1) is 26.1. The van der Waals surface area contributed by atoms with Crippen molar-refractivity contribution in [2.24, 2.45) is 0 Å². The van der Waals surface area contributed by atoms with Gasteiger partial charge in [-0.2, -0.15) is 0 Å². The predicted molar refractivity (Wildman–Crippen MR) is 136 cm³/mol. The van der Waals surface area contributed by atoms with E-state index in [1.54, 1.807) is 19.1 Å². The van der Waals surface area contributed by atoms with E-state index >= 15 is 0 Å². The molecule has 0 radical (unpaired) electrons. The Kier molecular flexibility index (Phi) is 8.03. The topological polar surface area (TPSA) is 116 Å². The lowest BCUT2D eigenvalue weighted by Crippen LogP contribution is -2.33. The van der Waals surface area contributed by atoms with Gasteiger partial charge in [-0.25, -0.2) is 4.79 Å². The molecule has 37 heavy (non-hydrogen) atoms. The summed E-state index contributed by atoms with van der Waals surface area (Å²) in [4.78, 5) is 26.1. The SMILES string of the molecule is COc1ccc(C(CC(=O)NCC2OCCc3ccccc32)c2c(O)cc(C)oc2=O)c(OC)c1OC. The third-order valence-electron chi connectivity index (χ3n) is 6.51. The van der Waals surface area contributed by atoms with E-state index in [-0.39, 0.29) is 47.8 Å². The van der Waals surface area contributed by atoms with Gasteiger partial charge in [0.1, 0.15) is 17.6 Å². The van der Waals surface area contributed by atoms with Crippen molar-refractivity contribution in [1.29, 1.82) is 0 Å². The van der Waals surface area contributed by atoms with Crippen molar-refractivity contribution in [3.63, 3.8) is 0 Å². The third kappa shape index (κ3) is 5.41. The van der Waals surface area contributed by atoms with Crippen molar-refractivity contribution in [2.75, 3.05) is 34.5 Å². The van der Waals surface area contributed by atoms with E-state index in [2.05, 4.69) is 11.4 Å². The van der Waals surface area contributed by atoms with Crippen molar-refractivity contribution in [3.05, 3.63) is 80.9 Å². The third-order valence-corrected chi connectivity index (χ3v) is 6.51. The Balaban J connectivity index is 1.67. The van der Waals surface area contributed by atoms with Crippen molar-refractivity contribution < 1.29 is 33.3 Å². The first-order valence-corrected chi connectivity index (χ1v) is 12.0. The van der Waals surface area contributed by atoms with Gasteiger partial charge in [0.15, 0.2) is 11.5 Å². The number of rotatable bonds is 9. The molecule has 2 heterocycles. The number of carbonyl (C=O) groups excluding carboxylic acids is 1. The highest BCUT2D eigenvalue weighted by atomic mass is 16.5. The summed E-state index contributed by atoms with van der Waals surface area (Å²) < 4.78 is 27.7. The Labute approximate surface area is 214 Å². The number of benzene rings is 2. The largest absolute Gasteiger partial charge is 0.507 e. The van der Waals surface area contributed by atoms with E-state index in [4.69, 9.17) is 23.4 Å². The fraction of sp³-hybridized carbons (Fsp3) is 0.357. The minimum absolute atomic E-state index is 0.0504. The minimum atomic E-state index is -0.897. The van der Waals surface area contributed by atoms with Gasteiger partial charge in [0.05, 0.1) is 33.5 Å². The predicted octanol–water partition coefficient (Wildman–Crippen LogP) is 3.63. The molecule has 2 atom stereocenters. The Morgan fingerprint density at radius 3 is 2.57 bits per heavy atom. The number of amides is 1. The molecule has 0 saturated carbocycles. The lowest BCUT2D eigenvalue weighted by molar-refractivity contribution is -0.122. The first-order chi connectivity index (χ1) is 17.9. The molecular weight excluding hydrogens is 478 g/mol. The van der Waals surface area contributed by atoms with E-state index in [9.17, 15) is 14.7 Å². The molecule has 2 aromatic carbocycles. The second kappa shape index (κ2) is 11.4. The second-order valence-electron chi connectivity index (χ2n) is 8.74. The smallest absolute Gasteiger partial charge is 0.343 e. The summed E-state index contributed by atoms with van der Waals surface area (Å²) in [6.45, 7) is 2.40. The van der Waals surface area contributed by atoms with Gasteiger partial charge < -0.3 is 33.8 Å². The summed E-state index contributed by atoms with van der Waals surface area (Å²) in [5.41, 5.74) is 1.91. The van der Waals surface area contributed by atoms with Crippen LogP contribution in [0.4, 0.5) is 0 Å². The van der Waals surface area contributed by atoms with Crippen LogP contribution >= 0.6 is 0 Å². The minimum Gasteiger partial charge on any atom is -0.507 e. The van der Waals surface area contributed by atoms with Gasteiger partial charge in [-0.1, -0.05) is 30.3 Å².